The molecule has 0 radical (unpaired) electrons. The van der Waals surface area contributed by atoms with Gasteiger partial charge in [-0.2, -0.15) is 5.10 Å². The third-order valence-corrected chi connectivity index (χ3v) is 6.30. The molecule has 0 aliphatic carbocycles. The second-order valence-electron chi connectivity index (χ2n) is 7.83. The minimum Gasteiger partial charge on any atom is -0.496 e. The molecule has 0 atom stereocenters. The number of likely N-dealkylation sites (tertiary alicyclic amines) is 1. The summed E-state index contributed by atoms with van der Waals surface area (Å²) in [5.74, 6) is 0.995. The summed E-state index contributed by atoms with van der Waals surface area (Å²) in [6.45, 7) is 2.33. The monoisotopic (exact) mass is 391 g/mol. The first kappa shape index (κ1) is 18.2. The number of carbonyl (C=O) groups excluding carboxylic acids is 1. The number of carbonyl (C=O) groups is 1. The largest absolute Gasteiger partial charge is 0.496 e. The third-order valence-electron chi connectivity index (χ3n) is 6.30. The van der Waals surface area contributed by atoms with Gasteiger partial charge in [-0.3, -0.25) is 9.48 Å². The van der Waals surface area contributed by atoms with E-state index in [-0.39, 0.29) is 18.1 Å². The van der Waals surface area contributed by atoms with E-state index >= 15 is 0 Å². The third kappa shape index (κ3) is 3.08. The first-order chi connectivity index (χ1) is 14.2. The first-order valence-corrected chi connectivity index (χ1v) is 10.2. The maximum Gasteiger partial charge on any atom is 0.244 e. The van der Waals surface area contributed by atoms with Crippen LogP contribution in [-0.4, -0.2) is 47.4 Å². The molecule has 5 rings (SSSR count). The van der Waals surface area contributed by atoms with Gasteiger partial charge in [-0.25, -0.2) is 0 Å². The van der Waals surface area contributed by atoms with Crippen LogP contribution in [0.3, 0.4) is 0 Å². The Morgan fingerprint density at radius 2 is 2.00 bits per heavy atom. The summed E-state index contributed by atoms with van der Waals surface area (Å²) in [5, 5.41) is 5.45. The van der Waals surface area contributed by atoms with Crippen LogP contribution >= 0.6 is 0 Å². The van der Waals surface area contributed by atoms with Crippen LogP contribution in [-0.2, 0) is 28.1 Å². The molecule has 2 aliphatic rings. The zero-order valence-electron chi connectivity index (χ0n) is 16.6. The Kier molecular flexibility index (Phi) is 4.51. The standard InChI is InChI=1S/C23H25N3O3/c1-28-20-8-4-6-17-9-14-29-23(22(17)20)10-12-25(13-11-23)21(27)16-26-19-7-3-2-5-18(19)15-24-26/h2-8,15H,9-14,16H2,1H3. The average molecular weight is 391 g/mol. The fourth-order valence-electron chi connectivity index (χ4n) is 4.79. The molecule has 29 heavy (non-hydrogen) atoms. The molecular formula is C23H25N3O3. The molecule has 2 aliphatic heterocycles. The van der Waals surface area contributed by atoms with Gasteiger partial charge >= 0.3 is 0 Å². The van der Waals surface area contributed by atoms with Crippen LogP contribution < -0.4 is 4.74 Å². The molecule has 2 aromatic carbocycles. The van der Waals surface area contributed by atoms with E-state index in [1.54, 1.807) is 11.8 Å². The molecule has 0 bridgehead atoms. The number of hydrogen-bond donors (Lipinski definition) is 0. The molecule has 0 unspecified atom stereocenters. The molecule has 1 spiro atoms. The quantitative estimate of drug-likeness (QED) is 0.688. The van der Waals surface area contributed by atoms with E-state index in [0.717, 1.165) is 35.9 Å². The Morgan fingerprint density at radius 1 is 1.17 bits per heavy atom. The molecule has 1 aromatic heterocycles. The van der Waals surface area contributed by atoms with Crippen LogP contribution in [0.4, 0.5) is 0 Å². The van der Waals surface area contributed by atoms with E-state index < -0.39 is 0 Å². The number of rotatable bonds is 3. The van der Waals surface area contributed by atoms with Gasteiger partial charge in [0, 0.05) is 24.0 Å². The van der Waals surface area contributed by atoms with Crippen molar-refractivity contribution < 1.29 is 14.3 Å². The van der Waals surface area contributed by atoms with Crippen LogP contribution in [0.15, 0.2) is 48.7 Å². The summed E-state index contributed by atoms with van der Waals surface area (Å²) >= 11 is 0. The lowest BCUT2D eigenvalue weighted by Crippen LogP contribution is -2.49. The fraction of sp³-hybridized carbons (Fsp3) is 0.391. The van der Waals surface area contributed by atoms with Gasteiger partial charge in [-0.05, 0) is 37.0 Å². The minimum absolute atomic E-state index is 0.102. The van der Waals surface area contributed by atoms with E-state index in [4.69, 9.17) is 9.47 Å². The van der Waals surface area contributed by atoms with Gasteiger partial charge in [0.2, 0.25) is 5.91 Å². The molecule has 3 aromatic rings. The van der Waals surface area contributed by atoms with Crippen molar-refractivity contribution in [3.8, 4) is 5.75 Å². The number of hydrogen-bond acceptors (Lipinski definition) is 4. The number of methoxy groups -OCH3 is 1. The van der Waals surface area contributed by atoms with Crippen LogP contribution in [0.25, 0.3) is 10.9 Å². The van der Waals surface area contributed by atoms with Gasteiger partial charge in [0.1, 0.15) is 17.9 Å². The van der Waals surface area contributed by atoms with Crippen molar-refractivity contribution >= 4 is 16.8 Å². The molecule has 0 N–H and O–H groups in total. The summed E-state index contributed by atoms with van der Waals surface area (Å²) in [4.78, 5) is 14.9. The van der Waals surface area contributed by atoms with E-state index in [0.29, 0.717) is 19.7 Å². The van der Waals surface area contributed by atoms with E-state index in [1.165, 1.54) is 11.1 Å². The highest BCUT2D eigenvalue weighted by Crippen LogP contribution is 2.45. The Morgan fingerprint density at radius 3 is 2.83 bits per heavy atom. The zero-order valence-corrected chi connectivity index (χ0v) is 16.6. The van der Waals surface area contributed by atoms with Gasteiger partial charge < -0.3 is 14.4 Å². The highest BCUT2D eigenvalue weighted by molar-refractivity contribution is 5.82. The molecule has 1 saturated heterocycles. The number of aromatic nitrogens is 2. The second-order valence-corrected chi connectivity index (χ2v) is 7.83. The Bertz CT molecular complexity index is 1040. The maximum atomic E-state index is 12.9. The topological polar surface area (TPSA) is 56.6 Å². The van der Waals surface area contributed by atoms with Crippen molar-refractivity contribution in [1.29, 1.82) is 0 Å². The van der Waals surface area contributed by atoms with E-state index in [2.05, 4.69) is 11.2 Å². The van der Waals surface area contributed by atoms with Gasteiger partial charge in [-0.15, -0.1) is 0 Å². The minimum atomic E-state index is -0.352. The Balaban J connectivity index is 1.33. The molecule has 6 nitrogen and oxygen atoms in total. The Hall–Kier alpha value is -2.86. The van der Waals surface area contributed by atoms with Gasteiger partial charge in [0.25, 0.3) is 0 Å². The SMILES string of the molecule is COc1cccc2c1C1(CCN(C(=O)Cn3ncc4ccccc43)CC1)OCC2. The van der Waals surface area contributed by atoms with Crippen molar-refractivity contribution in [2.45, 2.75) is 31.4 Å². The Labute approximate surface area is 170 Å². The lowest BCUT2D eigenvalue weighted by molar-refractivity contribution is -0.141. The summed E-state index contributed by atoms with van der Waals surface area (Å²) in [5.41, 5.74) is 3.12. The summed E-state index contributed by atoms with van der Waals surface area (Å²) in [6, 6.07) is 14.2. The van der Waals surface area contributed by atoms with Crippen LogP contribution in [0, 0.1) is 0 Å². The predicted molar refractivity (Wildman–Crippen MR) is 110 cm³/mol. The maximum absolute atomic E-state index is 12.9. The van der Waals surface area contributed by atoms with Gasteiger partial charge in [-0.1, -0.05) is 30.3 Å². The van der Waals surface area contributed by atoms with Crippen LogP contribution in [0.1, 0.15) is 24.0 Å². The number of nitrogens with zero attached hydrogens (tertiary/aromatic N) is 3. The molecule has 150 valence electrons. The van der Waals surface area contributed by atoms with E-state index in [1.807, 2.05) is 47.5 Å². The molecule has 6 heteroatoms. The number of fused-ring (bicyclic) bond motifs is 3. The number of ether oxygens (including phenoxy) is 2. The normalized spacial score (nSPS) is 18.0. The number of amides is 1. The second kappa shape index (κ2) is 7.19. The summed E-state index contributed by atoms with van der Waals surface area (Å²) in [6.07, 6.45) is 4.29. The van der Waals surface area contributed by atoms with Crippen molar-refractivity contribution in [2.24, 2.45) is 0 Å². The molecule has 0 saturated carbocycles. The summed E-state index contributed by atoms with van der Waals surface area (Å²) in [7, 11) is 1.71. The van der Waals surface area contributed by atoms with Crippen molar-refractivity contribution in [3.05, 3.63) is 59.8 Å². The highest BCUT2D eigenvalue weighted by atomic mass is 16.5. The average Bonchev–Trinajstić information content (AvgIpc) is 3.17. The van der Waals surface area contributed by atoms with Gasteiger partial charge in [0.15, 0.2) is 0 Å². The number of para-hydroxylation sites is 1. The zero-order chi connectivity index (χ0) is 19.8. The predicted octanol–water partition coefficient (Wildman–Crippen LogP) is 3.14. The van der Waals surface area contributed by atoms with E-state index in [9.17, 15) is 4.79 Å². The van der Waals surface area contributed by atoms with Crippen molar-refractivity contribution in [1.82, 2.24) is 14.7 Å². The lowest BCUT2D eigenvalue weighted by atomic mass is 9.78. The molecule has 1 amide bonds. The molecular weight excluding hydrogens is 366 g/mol. The fourth-order valence-corrected chi connectivity index (χ4v) is 4.79. The first-order valence-electron chi connectivity index (χ1n) is 10.2. The van der Waals surface area contributed by atoms with Crippen LogP contribution in [0.5, 0.6) is 5.75 Å². The molecule has 3 heterocycles. The molecule has 1 fully saturated rings. The number of benzene rings is 2. The highest BCUT2D eigenvalue weighted by Gasteiger charge is 2.43. The van der Waals surface area contributed by atoms with Crippen molar-refractivity contribution in [3.63, 3.8) is 0 Å². The lowest BCUT2D eigenvalue weighted by Gasteiger charge is -2.45. The smallest absolute Gasteiger partial charge is 0.244 e. The van der Waals surface area contributed by atoms with Gasteiger partial charge in [0.05, 0.1) is 25.4 Å². The van der Waals surface area contributed by atoms with Crippen LogP contribution in [0.2, 0.25) is 0 Å². The summed E-state index contributed by atoms with van der Waals surface area (Å²) < 4.78 is 13.8. The number of piperidine rings is 1. The van der Waals surface area contributed by atoms with Crippen molar-refractivity contribution in [2.75, 3.05) is 26.8 Å².